The van der Waals surface area contributed by atoms with Gasteiger partial charge in [0.2, 0.25) is 10.0 Å². The molecule has 5 nitrogen and oxygen atoms in total. The zero-order valence-electron chi connectivity index (χ0n) is 13.2. The summed E-state index contributed by atoms with van der Waals surface area (Å²) in [4.78, 5) is 16.4. The average Bonchev–Trinajstić information content (AvgIpc) is 2.64. The fourth-order valence-corrected chi connectivity index (χ4v) is 5.31. The van der Waals surface area contributed by atoms with Crippen molar-refractivity contribution in [1.82, 2.24) is 9.29 Å². The molecule has 0 spiro atoms. The molecule has 0 radical (unpaired) electrons. The molecule has 0 amide bonds. The Morgan fingerprint density at radius 1 is 1.20 bits per heavy atom. The van der Waals surface area contributed by atoms with Gasteiger partial charge in [-0.3, -0.25) is 4.79 Å². The number of carbonyl (C=O) groups excluding carboxylic acids is 1. The number of ketones is 1. The highest BCUT2D eigenvalue weighted by Gasteiger charge is 2.33. The van der Waals surface area contributed by atoms with E-state index in [0.29, 0.717) is 22.9 Å². The van der Waals surface area contributed by atoms with E-state index < -0.39 is 10.0 Å². The van der Waals surface area contributed by atoms with Crippen LogP contribution >= 0.6 is 27.5 Å². The second kappa shape index (κ2) is 7.53. The predicted molar refractivity (Wildman–Crippen MR) is 99.2 cm³/mol. The molecule has 2 heterocycles. The molecule has 3 rings (SSSR count). The smallest absolute Gasteiger partial charge is 0.246 e. The van der Waals surface area contributed by atoms with Crippen LogP contribution in [0.4, 0.5) is 0 Å². The highest BCUT2D eigenvalue weighted by Crippen LogP contribution is 2.30. The maximum Gasteiger partial charge on any atom is 0.246 e. The lowest BCUT2D eigenvalue weighted by Gasteiger charge is -2.30. The van der Waals surface area contributed by atoms with Crippen LogP contribution in [0.2, 0.25) is 5.15 Å². The molecule has 0 aliphatic carbocycles. The minimum atomic E-state index is -3.73. The fraction of sp³-hybridized carbons (Fsp3) is 0.294. The first-order valence-electron chi connectivity index (χ1n) is 7.80. The van der Waals surface area contributed by atoms with Gasteiger partial charge >= 0.3 is 0 Å². The summed E-state index contributed by atoms with van der Waals surface area (Å²) in [7, 11) is -3.73. The molecule has 0 saturated carbocycles. The minimum absolute atomic E-state index is 0.0172. The normalized spacial score (nSPS) is 16.7. The number of piperidine rings is 1. The Balaban J connectivity index is 1.73. The number of benzene rings is 1. The van der Waals surface area contributed by atoms with Gasteiger partial charge in [0.15, 0.2) is 5.78 Å². The quantitative estimate of drug-likeness (QED) is 0.533. The molecule has 1 aromatic carbocycles. The van der Waals surface area contributed by atoms with Gasteiger partial charge in [-0.05, 0) is 34.8 Å². The lowest BCUT2D eigenvalue weighted by molar-refractivity contribution is 0.0875. The van der Waals surface area contributed by atoms with Crippen molar-refractivity contribution in [2.24, 2.45) is 5.92 Å². The number of hydrogen-bond acceptors (Lipinski definition) is 4. The number of pyridine rings is 1. The van der Waals surface area contributed by atoms with Crippen LogP contribution in [-0.4, -0.2) is 36.6 Å². The number of carbonyl (C=O) groups is 1. The number of Topliss-reactive ketones (excluding diaryl/α,β-unsaturated/α-hetero) is 1. The summed E-state index contributed by atoms with van der Waals surface area (Å²) in [6, 6.07) is 10.6. The van der Waals surface area contributed by atoms with Crippen LogP contribution in [-0.2, 0) is 10.0 Å². The molecule has 0 unspecified atom stereocenters. The average molecular weight is 444 g/mol. The third-order valence-electron chi connectivity index (χ3n) is 4.27. The van der Waals surface area contributed by atoms with E-state index >= 15 is 0 Å². The standard InChI is InChI=1S/C17H16BrClN2O3S/c18-14-10-15(17(19)20-11-14)25(23,24)21-8-6-13(7-9-21)16(22)12-4-2-1-3-5-12/h1-5,10-11,13H,6-9H2. The van der Waals surface area contributed by atoms with Gasteiger partial charge in [0.1, 0.15) is 10.0 Å². The molecule has 1 fully saturated rings. The van der Waals surface area contributed by atoms with E-state index in [4.69, 9.17) is 11.6 Å². The Hall–Kier alpha value is -1.28. The van der Waals surface area contributed by atoms with Crippen molar-refractivity contribution in [2.45, 2.75) is 17.7 Å². The molecule has 2 aromatic rings. The summed E-state index contributed by atoms with van der Waals surface area (Å²) in [5, 5.41) is -0.0503. The van der Waals surface area contributed by atoms with Crippen molar-refractivity contribution < 1.29 is 13.2 Å². The summed E-state index contributed by atoms with van der Waals surface area (Å²) in [6.45, 7) is 0.572. The first kappa shape index (κ1) is 18.5. The monoisotopic (exact) mass is 442 g/mol. The number of halogens is 2. The lowest BCUT2D eigenvalue weighted by Crippen LogP contribution is -2.40. The van der Waals surface area contributed by atoms with E-state index in [0.717, 1.165) is 0 Å². The van der Waals surface area contributed by atoms with Gasteiger partial charge in [-0.25, -0.2) is 13.4 Å². The maximum atomic E-state index is 12.8. The van der Waals surface area contributed by atoms with Crippen molar-refractivity contribution in [3.05, 3.63) is 57.8 Å². The van der Waals surface area contributed by atoms with Gasteiger partial charge in [0, 0.05) is 35.2 Å². The van der Waals surface area contributed by atoms with Crippen LogP contribution in [0.1, 0.15) is 23.2 Å². The molecule has 25 heavy (non-hydrogen) atoms. The third kappa shape index (κ3) is 3.95. The first-order valence-corrected chi connectivity index (χ1v) is 10.4. The van der Waals surface area contributed by atoms with E-state index in [9.17, 15) is 13.2 Å². The van der Waals surface area contributed by atoms with E-state index in [-0.39, 0.29) is 34.8 Å². The van der Waals surface area contributed by atoms with E-state index in [2.05, 4.69) is 20.9 Å². The molecule has 1 aromatic heterocycles. The summed E-state index contributed by atoms with van der Waals surface area (Å²) >= 11 is 9.19. The van der Waals surface area contributed by atoms with Crippen molar-refractivity contribution in [3.63, 3.8) is 0 Å². The second-order valence-electron chi connectivity index (χ2n) is 5.85. The second-order valence-corrected chi connectivity index (χ2v) is 9.03. The summed E-state index contributed by atoms with van der Waals surface area (Å²) in [5.74, 6) is -0.0928. The maximum absolute atomic E-state index is 12.8. The summed E-state index contributed by atoms with van der Waals surface area (Å²) in [5.41, 5.74) is 0.669. The topological polar surface area (TPSA) is 67.3 Å². The van der Waals surface area contributed by atoms with E-state index in [1.54, 1.807) is 12.1 Å². The number of nitrogens with zero attached hydrogens (tertiary/aromatic N) is 2. The van der Waals surface area contributed by atoms with E-state index in [1.165, 1.54) is 16.6 Å². The zero-order valence-corrected chi connectivity index (χ0v) is 16.4. The lowest BCUT2D eigenvalue weighted by atomic mass is 9.90. The molecule has 8 heteroatoms. The van der Waals surface area contributed by atoms with Crippen molar-refractivity contribution in [2.75, 3.05) is 13.1 Å². The van der Waals surface area contributed by atoms with Crippen LogP contribution < -0.4 is 0 Å². The van der Waals surface area contributed by atoms with Gasteiger partial charge in [-0.15, -0.1) is 0 Å². The number of sulfonamides is 1. The van der Waals surface area contributed by atoms with Gasteiger partial charge in [-0.2, -0.15) is 4.31 Å². The van der Waals surface area contributed by atoms with Crippen LogP contribution in [0.25, 0.3) is 0 Å². The van der Waals surface area contributed by atoms with Gasteiger partial charge < -0.3 is 0 Å². The first-order chi connectivity index (χ1) is 11.9. The fourth-order valence-electron chi connectivity index (χ4n) is 2.92. The van der Waals surface area contributed by atoms with Gasteiger partial charge in [0.05, 0.1) is 0 Å². The SMILES string of the molecule is O=C(c1ccccc1)C1CCN(S(=O)(=O)c2cc(Br)cnc2Cl)CC1. The Labute approximate surface area is 160 Å². The highest BCUT2D eigenvalue weighted by atomic mass is 79.9. The Kier molecular flexibility index (Phi) is 5.58. The number of aromatic nitrogens is 1. The van der Waals surface area contributed by atoms with Crippen molar-refractivity contribution in [1.29, 1.82) is 0 Å². The van der Waals surface area contributed by atoms with Crippen molar-refractivity contribution >= 4 is 43.3 Å². The minimum Gasteiger partial charge on any atom is -0.294 e. The van der Waals surface area contributed by atoms with Gasteiger partial charge in [-0.1, -0.05) is 41.9 Å². The molecular formula is C17H16BrClN2O3S. The van der Waals surface area contributed by atoms with E-state index in [1.807, 2.05) is 18.2 Å². The highest BCUT2D eigenvalue weighted by molar-refractivity contribution is 9.10. The molecule has 1 aliphatic rings. The third-order valence-corrected chi connectivity index (χ3v) is 7.03. The van der Waals surface area contributed by atoms with Crippen LogP contribution in [0.3, 0.4) is 0 Å². The Bertz CT molecular complexity index is 882. The molecule has 1 aliphatic heterocycles. The van der Waals surface area contributed by atoms with Crippen molar-refractivity contribution in [3.8, 4) is 0 Å². The van der Waals surface area contributed by atoms with Crippen LogP contribution in [0, 0.1) is 5.92 Å². The summed E-state index contributed by atoms with van der Waals surface area (Å²) in [6.07, 6.45) is 2.43. The molecule has 132 valence electrons. The molecular weight excluding hydrogens is 428 g/mol. The molecule has 0 atom stereocenters. The summed E-state index contributed by atoms with van der Waals surface area (Å²) < 4.78 is 27.5. The van der Waals surface area contributed by atoms with Crippen LogP contribution in [0.15, 0.2) is 52.0 Å². The number of hydrogen-bond donors (Lipinski definition) is 0. The largest absolute Gasteiger partial charge is 0.294 e. The molecule has 0 N–H and O–H groups in total. The molecule has 1 saturated heterocycles. The Morgan fingerprint density at radius 3 is 2.48 bits per heavy atom. The molecule has 0 bridgehead atoms. The Morgan fingerprint density at radius 2 is 1.84 bits per heavy atom. The zero-order chi connectivity index (χ0) is 18.0. The van der Waals surface area contributed by atoms with Gasteiger partial charge in [0.25, 0.3) is 0 Å². The predicted octanol–water partition coefficient (Wildman–Crippen LogP) is 3.78. The number of rotatable bonds is 4. The van der Waals surface area contributed by atoms with Crippen LogP contribution in [0.5, 0.6) is 0 Å².